The van der Waals surface area contributed by atoms with E-state index >= 15 is 0 Å². The molecule has 1 aliphatic heterocycles. The number of aliphatic carboxylic acids is 1. The van der Waals surface area contributed by atoms with Crippen molar-refractivity contribution in [2.45, 2.75) is 13.0 Å². The number of piperazine rings is 1. The second-order valence-corrected chi connectivity index (χ2v) is 3.62. The first-order valence-electron chi connectivity index (χ1n) is 4.95. The Hall–Kier alpha value is -0.650. The summed E-state index contributed by atoms with van der Waals surface area (Å²) in [4.78, 5) is 14.8. The van der Waals surface area contributed by atoms with Crippen LogP contribution in [0.2, 0.25) is 0 Å². The number of carbonyl (C=O) groups is 1. The van der Waals surface area contributed by atoms with Crippen LogP contribution < -0.4 is 0 Å². The number of β-amino-alcohol motifs (C(OH)–C–C–N with tert-alkyl or cyclic N) is 1. The summed E-state index contributed by atoms with van der Waals surface area (Å²) >= 11 is 0. The molecule has 0 aromatic rings. The van der Waals surface area contributed by atoms with Crippen molar-refractivity contribution in [3.63, 3.8) is 0 Å². The number of carboxylic acids is 1. The Balaban J connectivity index is 2.31. The van der Waals surface area contributed by atoms with E-state index in [0.29, 0.717) is 6.54 Å². The van der Waals surface area contributed by atoms with Crippen LogP contribution >= 0.6 is 0 Å². The number of rotatable bonds is 4. The van der Waals surface area contributed by atoms with Crippen molar-refractivity contribution in [2.75, 3.05) is 39.3 Å². The maximum absolute atomic E-state index is 10.7. The Bertz CT molecular complexity index is 190. The highest BCUT2D eigenvalue weighted by atomic mass is 16.4. The minimum Gasteiger partial charge on any atom is -0.480 e. The third-order valence-corrected chi connectivity index (χ3v) is 2.73. The molecule has 0 bridgehead atoms. The van der Waals surface area contributed by atoms with Gasteiger partial charge in [-0.05, 0) is 6.92 Å². The second kappa shape index (κ2) is 5.29. The van der Waals surface area contributed by atoms with E-state index in [1.807, 2.05) is 4.90 Å². The second-order valence-electron chi connectivity index (χ2n) is 3.62. The zero-order valence-electron chi connectivity index (χ0n) is 8.52. The Morgan fingerprint density at radius 3 is 2.36 bits per heavy atom. The Labute approximate surface area is 83.9 Å². The van der Waals surface area contributed by atoms with Crippen molar-refractivity contribution >= 4 is 5.97 Å². The van der Waals surface area contributed by atoms with Crippen LogP contribution in [0.25, 0.3) is 0 Å². The average Bonchev–Trinajstić information content (AvgIpc) is 2.18. The molecule has 0 aliphatic carbocycles. The van der Waals surface area contributed by atoms with Gasteiger partial charge in [0.2, 0.25) is 0 Å². The molecule has 0 aromatic heterocycles. The van der Waals surface area contributed by atoms with Crippen LogP contribution in [0.3, 0.4) is 0 Å². The van der Waals surface area contributed by atoms with Crippen LogP contribution in [0.5, 0.6) is 0 Å². The molecule has 1 saturated heterocycles. The molecule has 2 N–H and O–H groups in total. The van der Waals surface area contributed by atoms with Gasteiger partial charge in [0.15, 0.2) is 0 Å². The molecule has 1 heterocycles. The molecular formula is C9H18N2O3. The molecule has 0 radical (unpaired) electrons. The fourth-order valence-electron chi connectivity index (χ4n) is 1.67. The van der Waals surface area contributed by atoms with E-state index < -0.39 is 12.0 Å². The summed E-state index contributed by atoms with van der Waals surface area (Å²) in [6.07, 6.45) is 0. The van der Waals surface area contributed by atoms with E-state index in [1.165, 1.54) is 0 Å². The van der Waals surface area contributed by atoms with Crippen molar-refractivity contribution in [3.8, 4) is 0 Å². The van der Waals surface area contributed by atoms with Gasteiger partial charge in [0, 0.05) is 32.7 Å². The summed E-state index contributed by atoms with van der Waals surface area (Å²) in [5.41, 5.74) is 0. The summed E-state index contributed by atoms with van der Waals surface area (Å²) in [6, 6.07) is -0.397. The standard InChI is InChI=1S/C9H18N2O3/c1-8(9(13)14)11-4-2-10(3-5-11)6-7-12/h8,12H,2-7H2,1H3,(H,13,14). The van der Waals surface area contributed by atoms with Gasteiger partial charge < -0.3 is 10.2 Å². The van der Waals surface area contributed by atoms with Crippen molar-refractivity contribution in [2.24, 2.45) is 0 Å². The van der Waals surface area contributed by atoms with E-state index in [0.717, 1.165) is 26.2 Å². The zero-order valence-corrected chi connectivity index (χ0v) is 8.52. The number of aliphatic hydroxyl groups is 1. The number of hydrogen-bond acceptors (Lipinski definition) is 4. The highest BCUT2D eigenvalue weighted by Gasteiger charge is 2.24. The lowest BCUT2D eigenvalue weighted by molar-refractivity contribution is -0.143. The monoisotopic (exact) mass is 202 g/mol. The molecule has 0 spiro atoms. The van der Waals surface area contributed by atoms with Crippen molar-refractivity contribution in [3.05, 3.63) is 0 Å². The van der Waals surface area contributed by atoms with Gasteiger partial charge >= 0.3 is 5.97 Å². The minimum atomic E-state index is -0.763. The van der Waals surface area contributed by atoms with E-state index in [2.05, 4.69) is 4.90 Å². The fourth-order valence-corrected chi connectivity index (χ4v) is 1.67. The van der Waals surface area contributed by atoms with Gasteiger partial charge in [-0.1, -0.05) is 0 Å². The lowest BCUT2D eigenvalue weighted by atomic mass is 10.2. The molecule has 1 rings (SSSR count). The highest BCUT2D eigenvalue weighted by Crippen LogP contribution is 2.05. The molecular weight excluding hydrogens is 184 g/mol. The maximum Gasteiger partial charge on any atom is 0.320 e. The molecule has 0 amide bonds. The van der Waals surface area contributed by atoms with E-state index in [-0.39, 0.29) is 6.61 Å². The molecule has 1 unspecified atom stereocenters. The number of nitrogens with zero attached hydrogens (tertiary/aromatic N) is 2. The van der Waals surface area contributed by atoms with E-state index in [9.17, 15) is 4.79 Å². The minimum absolute atomic E-state index is 0.175. The Morgan fingerprint density at radius 2 is 1.93 bits per heavy atom. The first-order chi connectivity index (χ1) is 6.65. The van der Waals surface area contributed by atoms with Gasteiger partial charge in [-0.25, -0.2) is 0 Å². The normalized spacial score (nSPS) is 22.1. The van der Waals surface area contributed by atoms with Gasteiger partial charge in [-0.2, -0.15) is 0 Å². The summed E-state index contributed by atoms with van der Waals surface area (Å²) in [7, 11) is 0. The van der Waals surface area contributed by atoms with Gasteiger partial charge in [0.05, 0.1) is 6.61 Å². The largest absolute Gasteiger partial charge is 0.480 e. The molecule has 5 heteroatoms. The molecule has 82 valence electrons. The average molecular weight is 202 g/mol. The molecule has 1 aliphatic rings. The third-order valence-electron chi connectivity index (χ3n) is 2.73. The summed E-state index contributed by atoms with van der Waals surface area (Å²) in [5.74, 6) is -0.763. The zero-order chi connectivity index (χ0) is 10.6. The third kappa shape index (κ3) is 2.94. The van der Waals surface area contributed by atoms with E-state index in [4.69, 9.17) is 10.2 Å². The Kier molecular flexibility index (Phi) is 4.31. The molecule has 1 fully saturated rings. The van der Waals surface area contributed by atoms with Crippen LogP contribution in [-0.4, -0.2) is 71.4 Å². The van der Waals surface area contributed by atoms with Crippen LogP contribution in [0.15, 0.2) is 0 Å². The van der Waals surface area contributed by atoms with Crippen molar-refractivity contribution < 1.29 is 15.0 Å². The molecule has 1 atom stereocenters. The molecule has 5 nitrogen and oxygen atoms in total. The topological polar surface area (TPSA) is 64.0 Å². The quantitative estimate of drug-likeness (QED) is 0.616. The van der Waals surface area contributed by atoms with Gasteiger partial charge in [-0.15, -0.1) is 0 Å². The highest BCUT2D eigenvalue weighted by molar-refractivity contribution is 5.72. The lowest BCUT2D eigenvalue weighted by Gasteiger charge is -2.36. The van der Waals surface area contributed by atoms with Gasteiger partial charge in [0.25, 0.3) is 0 Å². The summed E-state index contributed by atoms with van der Waals surface area (Å²) in [5, 5.41) is 17.5. The molecule has 14 heavy (non-hydrogen) atoms. The number of hydrogen-bond donors (Lipinski definition) is 2. The fraction of sp³-hybridized carbons (Fsp3) is 0.889. The van der Waals surface area contributed by atoms with Gasteiger partial charge in [0.1, 0.15) is 6.04 Å². The van der Waals surface area contributed by atoms with Gasteiger partial charge in [-0.3, -0.25) is 14.6 Å². The van der Waals surface area contributed by atoms with Crippen molar-refractivity contribution in [1.82, 2.24) is 9.80 Å². The van der Waals surface area contributed by atoms with Crippen LogP contribution in [0.4, 0.5) is 0 Å². The predicted octanol–water partition coefficient (Wildman–Crippen LogP) is -0.931. The Morgan fingerprint density at radius 1 is 1.36 bits per heavy atom. The smallest absolute Gasteiger partial charge is 0.320 e. The molecule has 0 aromatic carbocycles. The summed E-state index contributed by atoms with van der Waals surface area (Å²) < 4.78 is 0. The first-order valence-corrected chi connectivity index (χ1v) is 4.95. The van der Waals surface area contributed by atoms with Crippen LogP contribution in [-0.2, 0) is 4.79 Å². The SMILES string of the molecule is CC(C(=O)O)N1CCN(CCO)CC1. The summed E-state index contributed by atoms with van der Waals surface area (Å²) in [6.45, 7) is 5.81. The first kappa shape index (κ1) is 11.4. The molecule has 0 saturated carbocycles. The van der Waals surface area contributed by atoms with Crippen LogP contribution in [0, 0.1) is 0 Å². The maximum atomic E-state index is 10.7. The number of carboxylic acid groups (broad SMARTS) is 1. The van der Waals surface area contributed by atoms with Crippen LogP contribution in [0.1, 0.15) is 6.92 Å². The van der Waals surface area contributed by atoms with Crippen molar-refractivity contribution in [1.29, 1.82) is 0 Å². The predicted molar refractivity (Wildman–Crippen MR) is 52.2 cm³/mol. The van der Waals surface area contributed by atoms with E-state index in [1.54, 1.807) is 6.92 Å². The lowest BCUT2D eigenvalue weighted by Crippen LogP contribution is -2.52. The number of aliphatic hydroxyl groups excluding tert-OH is 1.